The second-order valence-electron chi connectivity index (χ2n) is 4.56. The normalized spacial score (nSPS) is 12.1. The van der Waals surface area contributed by atoms with Crippen LogP contribution in [0.3, 0.4) is 0 Å². The third kappa shape index (κ3) is 4.65. The summed E-state index contributed by atoms with van der Waals surface area (Å²) >= 11 is 3.22. The van der Waals surface area contributed by atoms with Crippen LogP contribution in [0.1, 0.15) is 18.2 Å². The van der Waals surface area contributed by atoms with Crippen LogP contribution >= 0.6 is 23.1 Å². The third-order valence-corrected chi connectivity index (χ3v) is 5.08. The number of thioether (sulfide) groups is 1. The average Bonchev–Trinajstić information content (AvgIpc) is 2.89. The minimum absolute atomic E-state index is 0.132. The van der Waals surface area contributed by atoms with E-state index in [0.717, 1.165) is 15.6 Å². The molecule has 1 unspecified atom stereocenters. The van der Waals surface area contributed by atoms with Crippen molar-refractivity contribution in [2.24, 2.45) is 5.92 Å². The molecule has 0 amide bonds. The van der Waals surface area contributed by atoms with Gasteiger partial charge in [0, 0.05) is 16.8 Å². The molecule has 0 aliphatic rings. The van der Waals surface area contributed by atoms with Gasteiger partial charge in [-0.3, -0.25) is 4.79 Å². The fourth-order valence-electron chi connectivity index (χ4n) is 1.53. The molecule has 1 heterocycles. The van der Waals surface area contributed by atoms with Crippen LogP contribution in [0.4, 0.5) is 0 Å². The SMILES string of the molecule is Cc1csc(SCC(C)C(=O)OCc2ccccc2)n1. The number of aryl methyl sites for hydroxylation is 1. The molecule has 0 spiro atoms. The summed E-state index contributed by atoms with van der Waals surface area (Å²) in [6, 6.07) is 9.72. The summed E-state index contributed by atoms with van der Waals surface area (Å²) in [6.07, 6.45) is 0. The fourth-order valence-corrected chi connectivity index (χ4v) is 3.41. The van der Waals surface area contributed by atoms with Gasteiger partial charge in [-0.15, -0.1) is 11.3 Å². The van der Waals surface area contributed by atoms with E-state index in [1.807, 2.05) is 49.6 Å². The van der Waals surface area contributed by atoms with E-state index >= 15 is 0 Å². The van der Waals surface area contributed by atoms with Gasteiger partial charge in [0.25, 0.3) is 0 Å². The van der Waals surface area contributed by atoms with Crippen molar-refractivity contribution in [2.45, 2.75) is 24.8 Å². The summed E-state index contributed by atoms with van der Waals surface area (Å²) in [4.78, 5) is 16.3. The van der Waals surface area contributed by atoms with Crippen LogP contribution in [0.5, 0.6) is 0 Å². The minimum atomic E-state index is -0.158. The van der Waals surface area contributed by atoms with E-state index in [1.165, 1.54) is 0 Å². The zero-order chi connectivity index (χ0) is 14.4. The van der Waals surface area contributed by atoms with Crippen LogP contribution in [0.25, 0.3) is 0 Å². The molecule has 0 radical (unpaired) electrons. The van der Waals surface area contributed by atoms with Gasteiger partial charge in [-0.25, -0.2) is 4.98 Å². The molecule has 0 aliphatic carbocycles. The van der Waals surface area contributed by atoms with E-state index in [1.54, 1.807) is 23.1 Å². The monoisotopic (exact) mass is 307 g/mol. The molecule has 106 valence electrons. The number of ether oxygens (including phenoxy) is 1. The highest BCUT2D eigenvalue weighted by Gasteiger charge is 2.15. The second kappa shape index (κ2) is 7.45. The van der Waals surface area contributed by atoms with Crippen molar-refractivity contribution in [3.05, 3.63) is 47.0 Å². The standard InChI is InChI=1S/C15H17NO2S2/c1-11(9-19-15-16-12(2)10-20-15)14(17)18-8-13-6-4-3-5-7-13/h3-7,10-11H,8-9H2,1-2H3. The Balaban J connectivity index is 1.74. The largest absolute Gasteiger partial charge is 0.461 e. The lowest BCUT2D eigenvalue weighted by molar-refractivity contribution is -0.148. The van der Waals surface area contributed by atoms with Crippen molar-refractivity contribution < 1.29 is 9.53 Å². The quantitative estimate of drug-likeness (QED) is 0.599. The lowest BCUT2D eigenvalue weighted by atomic mass is 10.2. The van der Waals surface area contributed by atoms with E-state index < -0.39 is 0 Å². The van der Waals surface area contributed by atoms with E-state index in [-0.39, 0.29) is 11.9 Å². The first kappa shape index (κ1) is 15.1. The molecule has 20 heavy (non-hydrogen) atoms. The van der Waals surface area contributed by atoms with E-state index in [4.69, 9.17) is 4.74 Å². The van der Waals surface area contributed by atoms with Gasteiger partial charge in [0.15, 0.2) is 0 Å². The molecule has 5 heteroatoms. The zero-order valence-corrected chi connectivity index (χ0v) is 13.2. The van der Waals surface area contributed by atoms with Gasteiger partial charge in [0.1, 0.15) is 10.9 Å². The Hall–Kier alpha value is -1.33. The Labute approximate surface area is 127 Å². The van der Waals surface area contributed by atoms with Gasteiger partial charge in [-0.2, -0.15) is 0 Å². The number of rotatable bonds is 6. The summed E-state index contributed by atoms with van der Waals surface area (Å²) in [7, 11) is 0. The van der Waals surface area contributed by atoms with Gasteiger partial charge in [0.05, 0.1) is 5.92 Å². The van der Waals surface area contributed by atoms with Crippen LogP contribution in [-0.4, -0.2) is 16.7 Å². The number of hydrogen-bond donors (Lipinski definition) is 0. The maximum absolute atomic E-state index is 11.9. The Bertz CT molecular complexity index is 554. The summed E-state index contributed by atoms with van der Waals surface area (Å²) < 4.78 is 6.32. The number of thiazole rings is 1. The van der Waals surface area contributed by atoms with Gasteiger partial charge >= 0.3 is 5.97 Å². The van der Waals surface area contributed by atoms with Crippen molar-refractivity contribution in [3.63, 3.8) is 0 Å². The summed E-state index contributed by atoms with van der Waals surface area (Å²) in [5, 5.41) is 2.01. The summed E-state index contributed by atoms with van der Waals surface area (Å²) in [5.74, 6) is 0.406. The molecular formula is C15H17NO2S2. The molecule has 0 fully saturated rings. The minimum Gasteiger partial charge on any atom is -0.461 e. The molecule has 1 aromatic heterocycles. The van der Waals surface area contributed by atoms with E-state index in [9.17, 15) is 4.79 Å². The van der Waals surface area contributed by atoms with Crippen molar-refractivity contribution in [1.82, 2.24) is 4.98 Å². The third-order valence-electron chi connectivity index (χ3n) is 2.68. The number of aromatic nitrogens is 1. The molecule has 2 aromatic rings. The smallest absolute Gasteiger partial charge is 0.309 e. The van der Waals surface area contributed by atoms with Gasteiger partial charge in [-0.05, 0) is 12.5 Å². The van der Waals surface area contributed by atoms with Gasteiger partial charge in [-0.1, -0.05) is 49.0 Å². The molecule has 0 saturated heterocycles. The topological polar surface area (TPSA) is 39.2 Å². The summed E-state index contributed by atoms with van der Waals surface area (Å²) in [5.41, 5.74) is 2.04. The van der Waals surface area contributed by atoms with Crippen molar-refractivity contribution in [3.8, 4) is 0 Å². The Morgan fingerprint density at radius 2 is 2.15 bits per heavy atom. The Kier molecular flexibility index (Phi) is 5.61. The molecule has 2 rings (SSSR count). The van der Waals surface area contributed by atoms with E-state index in [0.29, 0.717) is 12.4 Å². The first-order valence-electron chi connectivity index (χ1n) is 6.40. The van der Waals surface area contributed by atoms with Gasteiger partial charge < -0.3 is 4.74 Å². The van der Waals surface area contributed by atoms with Crippen molar-refractivity contribution >= 4 is 29.1 Å². The molecule has 0 saturated carbocycles. The van der Waals surface area contributed by atoms with Crippen LogP contribution in [0.15, 0.2) is 40.1 Å². The average molecular weight is 307 g/mol. The molecule has 0 N–H and O–H groups in total. The number of nitrogens with zero attached hydrogens (tertiary/aromatic N) is 1. The van der Waals surface area contributed by atoms with Crippen molar-refractivity contribution in [1.29, 1.82) is 0 Å². The molecule has 0 aliphatic heterocycles. The lowest BCUT2D eigenvalue weighted by Gasteiger charge is -2.10. The van der Waals surface area contributed by atoms with Crippen LogP contribution in [-0.2, 0) is 16.1 Å². The maximum atomic E-state index is 11.9. The van der Waals surface area contributed by atoms with Crippen molar-refractivity contribution in [2.75, 3.05) is 5.75 Å². The predicted octanol–water partition coefficient (Wildman–Crippen LogP) is 3.92. The Morgan fingerprint density at radius 1 is 1.40 bits per heavy atom. The van der Waals surface area contributed by atoms with Crippen LogP contribution < -0.4 is 0 Å². The molecule has 1 atom stereocenters. The number of benzene rings is 1. The van der Waals surface area contributed by atoms with Gasteiger partial charge in [0.2, 0.25) is 0 Å². The van der Waals surface area contributed by atoms with Crippen LogP contribution in [0.2, 0.25) is 0 Å². The maximum Gasteiger partial charge on any atom is 0.309 e. The number of hydrogen-bond acceptors (Lipinski definition) is 5. The molecule has 1 aromatic carbocycles. The molecular weight excluding hydrogens is 290 g/mol. The highest BCUT2D eigenvalue weighted by atomic mass is 32.2. The molecule has 3 nitrogen and oxygen atoms in total. The van der Waals surface area contributed by atoms with Crippen LogP contribution in [0, 0.1) is 12.8 Å². The lowest BCUT2D eigenvalue weighted by Crippen LogP contribution is -2.16. The highest BCUT2D eigenvalue weighted by molar-refractivity contribution is 8.01. The second-order valence-corrected chi connectivity index (χ2v) is 6.69. The first-order chi connectivity index (χ1) is 9.65. The fraction of sp³-hybridized carbons (Fsp3) is 0.333. The predicted molar refractivity (Wildman–Crippen MR) is 83.0 cm³/mol. The zero-order valence-electron chi connectivity index (χ0n) is 11.5. The number of esters is 1. The highest BCUT2D eigenvalue weighted by Crippen LogP contribution is 2.24. The van der Waals surface area contributed by atoms with E-state index in [2.05, 4.69) is 4.98 Å². The summed E-state index contributed by atoms with van der Waals surface area (Å²) in [6.45, 7) is 4.20. The molecule has 0 bridgehead atoms. The number of carbonyl (C=O) groups excluding carboxylic acids is 1. The number of carbonyl (C=O) groups is 1. The first-order valence-corrected chi connectivity index (χ1v) is 8.27. The Morgan fingerprint density at radius 3 is 2.80 bits per heavy atom.